The summed E-state index contributed by atoms with van der Waals surface area (Å²) in [5, 5.41) is 0. The average Bonchev–Trinajstić information content (AvgIpc) is 2.74. The topological polar surface area (TPSA) is 54.7 Å². The zero-order valence-electron chi connectivity index (χ0n) is 9.07. The Morgan fingerprint density at radius 1 is 1.50 bits per heavy atom. The molecule has 1 atom stereocenters. The normalized spacial score (nSPS) is 12.7. The van der Waals surface area contributed by atoms with Crippen molar-refractivity contribution >= 4 is 0 Å². The molecule has 0 aliphatic rings. The van der Waals surface area contributed by atoms with Crippen LogP contribution < -0.4 is 5.73 Å². The molecule has 0 saturated heterocycles. The highest BCUT2D eigenvalue weighted by molar-refractivity contribution is 5.27. The first-order valence-corrected chi connectivity index (χ1v) is 5.17. The van der Waals surface area contributed by atoms with Crippen molar-refractivity contribution in [1.29, 1.82) is 0 Å². The predicted octanol–water partition coefficient (Wildman–Crippen LogP) is 2.10. The van der Waals surface area contributed by atoms with E-state index in [0.717, 1.165) is 5.82 Å². The third-order valence-electron chi connectivity index (χ3n) is 2.59. The molecule has 0 spiro atoms. The molecule has 0 radical (unpaired) electrons. The number of halogens is 1. The van der Waals surface area contributed by atoms with Gasteiger partial charge in [-0.05, 0) is 12.5 Å². The van der Waals surface area contributed by atoms with Crippen molar-refractivity contribution in [3.05, 3.63) is 53.4 Å². The van der Waals surface area contributed by atoms with Gasteiger partial charge in [-0.15, -0.1) is 0 Å². The highest BCUT2D eigenvalue weighted by Crippen LogP contribution is 2.20. The van der Waals surface area contributed by atoms with Crippen LogP contribution in [0.25, 0.3) is 0 Å². The second kappa shape index (κ2) is 4.45. The maximum Gasteiger partial charge on any atom is 0.130 e. The molecule has 1 heterocycles. The van der Waals surface area contributed by atoms with E-state index in [4.69, 9.17) is 5.73 Å². The summed E-state index contributed by atoms with van der Waals surface area (Å²) >= 11 is 0. The van der Waals surface area contributed by atoms with Crippen molar-refractivity contribution in [3.63, 3.8) is 0 Å². The molecule has 0 aliphatic carbocycles. The lowest BCUT2D eigenvalue weighted by atomic mass is 10.0. The summed E-state index contributed by atoms with van der Waals surface area (Å²) in [7, 11) is 0. The number of hydrogen-bond donors (Lipinski definition) is 2. The summed E-state index contributed by atoms with van der Waals surface area (Å²) in [6, 6.07) is 4.90. The Bertz CT molecular complexity index is 465. The van der Waals surface area contributed by atoms with E-state index in [1.807, 2.05) is 6.07 Å². The van der Waals surface area contributed by atoms with Gasteiger partial charge in [0, 0.05) is 30.4 Å². The number of imidazole rings is 1. The fourth-order valence-corrected chi connectivity index (χ4v) is 1.68. The Hall–Kier alpha value is -1.68. The van der Waals surface area contributed by atoms with E-state index in [2.05, 4.69) is 9.97 Å². The molecule has 0 bridgehead atoms. The second-order valence-electron chi connectivity index (χ2n) is 3.82. The number of hydrogen-bond acceptors (Lipinski definition) is 2. The lowest BCUT2D eigenvalue weighted by Gasteiger charge is -2.12. The number of H-pyrrole nitrogens is 1. The molecular formula is C12H14FN3. The van der Waals surface area contributed by atoms with Crippen LogP contribution >= 0.6 is 0 Å². The minimum atomic E-state index is -0.369. The van der Waals surface area contributed by atoms with E-state index in [1.54, 1.807) is 31.5 Å². The summed E-state index contributed by atoms with van der Waals surface area (Å²) in [6.07, 6.45) is 3.90. The van der Waals surface area contributed by atoms with Crippen LogP contribution in [0, 0.1) is 12.7 Å². The first-order chi connectivity index (χ1) is 7.68. The van der Waals surface area contributed by atoms with Crippen molar-refractivity contribution in [2.45, 2.75) is 19.4 Å². The molecule has 1 aromatic carbocycles. The number of nitrogens with two attached hydrogens (primary N) is 1. The van der Waals surface area contributed by atoms with Crippen molar-refractivity contribution in [3.8, 4) is 0 Å². The van der Waals surface area contributed by atoms with Gasteiger partial charge in [0.25, 0.3) is 0 Å². The van der Waals surface area contributed by atoms with Crippen molar-refractivity contribution in [2.75, 3.05) is 0 Å². The number of nitrogens with one attached hydrogen (secondary N) is 1. The van der Waals surface area contributed by atoms with Gasteiger partial charge in [-0.3, -0.25) is 0 Å². The number of aromatic nitrogens is 2. The fourth-order valence-electron chi connectivity index (χ4n) is 1.68. The van der Waals surface area contributed by atoms with Crippen LogP contribution in [0.2, 0.25) is 0 Å². The number of benzene rings is 1. The third-order valence-corrected chi connectivity index (χ3v) is 2.59. The molecule has 2 aromatic rings. The van der Waals surface area contributed by atoms with Gasteiger partial charge in [-0.2, -0.15) is 0 Å². The Balaban J connectivity index is 2.21. The van der Waals surface area contributed by atoms with E-state index < -0.39 is 0 Å². The number of aromatic amines is 1. The van der Waals surface area contributed by atoms with Crippen LogP contribution in [-0.2, 0) is 6.42 Å². The van der Waals surface area contributed by atoms with Gasteiger partial charge >= 0.3 is 0 Å². The van der Waals surface area contributed by atoms with Gasteiger partial charge in [-0.25, -0.2) is 9.37 Å². The zero-order chi connectivity index (χ0) is 11.5. The maximum absolute atomic E-state index is 13.8. The zero-order valence-corrected chi connectivity index (χ0v) is 9.07. The molecule has 1 unspecified atom stereocenters. The van der Waals surface area contributed by atoms with E-state index in [1.165, 1.54) is 0 Å². The van der Waals surface area contributed by atoms with Crippen LogP contribution in [-0.4, -0.2) is 9.97 Å². The van der Waals surface area contributed by atoms with Crippen molar-refractivity contribution in [1.82, 2.24) is 9.97 Å². The first kappa shape index (κ1) is 10.8. The highest BCUT2D eigenvalue weighted by Gasteiger charge is 2.14. The molecule has 0 amide bonds. The molecule has 2 rings (SSSR count). The molecule has 3 N–H and O–H groups in total. The van der Waals surface area contributed by atoms with Crippen LogP contribution in [0.3, 0.4) is 0 Å². The van der Waals surface area contributed by atoms with Crippen LogP contribution in [0.15, 0.2) is 30.6 Å². The van der Waals surface area contributed by atoms with E-state index in [9.17, 15) is 4.39 Å². The summed E-state index contributed by atoms with van der Waals surface area (Å²) < 4.78 is 13.8. The largest absolute Gasteiger partial charge is 0.349 e. The van der Waals surface area contributed by atoms with E-state index >= 15 is 0 Å². The monoisotopic (exact) mass is 219 g/mol. The van der Waals surface area contributed by atoms with E-state index in [-0.39, 0.29) is 11.9 Å². The summed E-state index contributed by atoms with van der Waals surface area (Å²) in [5.74, 6) is 0.551. The minimum absolute atomic E-state index is 0.221. The van der Waals surface area contributed by atoms with Gasteiger partial charge in [0.1, 0.15) is 11.6 Å². The molecule has 0 aliphatic heterocycles. The summed E-state index contributed by atoms with van der Waals surface area (Å²) in [5.41, 5.74) is 7.11. The lowest BCUT2D eigenvalue weighted by molar-refractivity contribution is 0.569. The van der Waals surface area contributed by atoms with Crippen molar-refractivity contribution < 1.29 is 4.39 Å². The van der Waals surface area contributed by atoms with E-state index in [0.29, 0.717) is 17.5 Å². The standard InChI is InChI=1S/C12H14FN3/c1-8-3-2-4-9(12(8)13)10(14)7-11-15-5-6-16-11/h2-6,10H,7,14H2,1H3,(H,15,16). The van der Waals surface area contributed by atoms with Gasteiger partial charge in [0.2, 0.25) is 0 Å². The first-order valence-electron chi connectivity index (χ1n) is 5.17. The quantitative estimate of drug-likeness (QED) is 0.830. The second-order valence-corrected chi connectivity index (χ2v) is 3.82. The van der Waals surface area contributed by atoms with Crippen LogP contribution in [0.5, 0.6) is 0 Å². The molecule has 84 valence electrons. The van der Waals surface area contributed by atoms with Gasteiger partial charge in [0.05, 0.1) is 0 Å². The highest BCUT2D eigenvalue weighted by atomic mass is 19.1. The van der Waals surface area contributed by atoms with Crippen LogP contribution in [0.4, 0.5) is 4.39 Å². The number of nitrogens with zero attached hydrogens (tertiary/aromatic N) is 1. The predicted molar refractivity (Wildman–Crippen MR) is 60.4 cm³/mol. The molecular weight excluding hydrogens is 205 g/mol. The summed E-state index contributed by atoms with van der Waals surface area (Å²) in [6.45, 7) is 1.73. The molecule has 16 heavy (non-hydrogen) atoms. The molecule has 3 nitrogen and oxygen atoms in total. The molecule has 1 aromatic heterocycles. The fraction of sp³-hybridized carbons (Fsp3) is 0.250. The number of rotatable bonds is 3. The van der Waals surface area contributed by atoms with Crippen molar-refractivity contribution in [2.24, 2.45) is 5.73 Å². The lowest BCUT2D eigenvalue weighted by Crippen LogP contribution is -2.16. The Labute approximate surface area is 93.5 Å². The Morgan fingerprint density at radius 2 is 2.31 bits per heavy atom. The average molecular weight is 219 g/mol. The maximum atomic E-state index is 13.8. The summed E-state index contributed by atoms with van der Waals surface area (Å²) in [4.78, 5) is 7.03. The smallest absolute Gasteiger partial charge is 0.130 e. The van der Waals surface area contributed by atoms with Gasteiger partial charge < -0.3 is 10.7 Å². The molecule has 0 saturated carbocycles. The number of aryl methyl sites for hydroxylation is 1. The molecule has 0 fully saturated rings. The van der Waals surface area contributed by atoms with Crippen LogP contribution in [0.1, 0.15) is 23.0 Å². The van der Waals surface area contributed by atoms with Gasteiger partial charge in [-0.1, -0.05) is 18.2 Å². The Morgan fingerprint density at radius 3 is 3.00 bits per heavy atom. The SMILES string of the molecule is Cc1cccc(C(N)Cc2ncc[nH]2)c1F. The Kier molecular flexibility index (Phi) is 3.01. The molecule has 4 heteroatoms. The third kappa shape index (κ3) is 2.12. The minimum Gasteiger partial charge on any atom is -0.349 e. The van der Waals surface area contributed by atoms with Gasteiger partial charge in [0.15, 0.2) is 0 Å².